The molecule has 23 heavy (non-hydrogen) atoms. The van der Waals surface area contributed by atoms with Gasteiger partial charge in [-0.1, -0.05) is 11.8 Å². The Hall–Kier alpha value is -2.04. The van der Waals surface area contributed by atoms with Crippen LogP contribution < -0.4 is 0 Å². The first kappa shape index (κ1) is 19.0. The predicted molar refractivity (Wildman–Crippen MR) is 78.7 cm³/mol. The fourth-order valence-electron chi connectivity index (χ4n) is 1.82. The third kappa shape index (κ3) is 4.98. The van der Waals surface area contributed by atoms with Crippen LogP contribution in [0.4, 0.5) is 10.1 Å². The van der Waals surface area contributed by atoms with E-state index in [1.54, 1.807) is 0 Å². The number of rotatable bonds is 7. The van der Waals surface area contributed by atoms with E-state index in [4.69, 9.17) is 5.11 Å². The molecule has 0 aliphatic carbocycles. The minimum absolute atomic E-state index is 0.0562. The van der Waals surface area contributed by atoms with Gasteiger partial charge >= 0.3 is 5.97 Å². The number of carboxylic acid groups (broad SMARTS) is 1. The van der Waals surface area contributed by atoms with Crippen molar-refractivity contribution < 1.29 is 34.2 Å². The highest BCUT2D eigenvalue weighted by atomic mass is 32.2. The van der Waals surface area contributed by atoms with Gasteiger partial charge in [-0.05, 0) is 12.5 Å². The van der Waals surface area contributed by atoms with Crippen LogP contribution in [0.5, 0.6) is 0 Å². The Morgan fingerprint density at radius 2 is 2.00 bits per heavy atom. The van der Waals surface area contributed by atoms with E-state index in [0.29, 0.717) is 12.1 Å². The molecule has 0 radical (unpaired) electrons. The molecule has 1 aromatic rings. The molecule has 0 amide bonds. The van der Waals surface area contributed by atoms with Gasteiger partial charge in [-0.2, -0.15) is 0 Å². The summed E-state index contributed by atoms with van der Waals surface area (Å²) in [4.78, 5) is 31.5. The summed E-state index contributed by atoms with van der Waals surface area (Å²) < 4.78 is 13.9. The van der Waals surface area contributed by atoms with Crippen molar-refractivity contribution in [1.82, 2.24) is 0 Å². The van der Waals surface area contributed by atoms with Crippen molar-refractivity contribution in [3.8, 4) is 0 Å². The van der Waals surface area contributed by atoms with Crippen molar-refractivity contribution in [3.05, 3.63) is 39.2 Å². The Bertz CT molecular complexity index is 637. The Balaban J connectivity index is 3.06. The number of thioether (sulfide) groups is 1. The quantitative estimate of drug-likeness (QED) is 0.498. The summed E-state index contributed by atoms with van der Waals surface area (Å²) in [6, 6.07) is 1.01. The predicted octanol–water partition coefficient (Wildman–Crippen LogP) is 1.50. The van der Waals surface area contributed by atoms with E-state index in [1.165, 1.54) is 6.92 Å². The van der Waals surface area contributed by atoms with Gasteiger partial charge in [0.15, 0.2) is 5.12 Å². The van der Waals surface area contributed by atoms with Crippen LogP contribution >= 0.6 is 11.8 Å². The number of nitro groups is 1. The van der Waals surface area contributed by atoms with E-state index in [2.05, 4.69) is 0 Å². The van der Waals surface area contributed by atoms with Crippen molar-refractivity contribution >= 4 is 28.5 Å². The molecule has 0 spiro atoms. The van der Waals surface area contributed by atoms with Crippen LogP contribution in [0.1, 0.15) is 35.4 Å². The standard InChI is InChI=1S/C13H14FNO7S/c1-6(16)23-3-2-11(17)12(18)7-5-10(15(21)22)8(13(19)20)4-9(7)14/h4-5,11-12,17-18H,2-3H2,1H3,(H,19,20). The number of aliphatic hydroxyl groups is 2. The van der Waals surface area contributed by atoms with Gasteiger partial charge in [0.2, 0.25) is 0 Å². The number of hydrogen-bond acceptors (Lipinski definition) is 7. The molecule has 1 rings (SSSR count). The lowest BCUT2D eigenvalue weighted by molar-refractivity contribution is -0.385. The SMILES string of the molecule is CC(=O)SCCC(O)C(O)c1cc([N+](=O)[O-])c(C(=O)O)cc1F. The Morgan fingerprint density at radius 3 is 2.48 bits per heavy atom. The van der Waals surface area contributed by atoms with E-state index in [1.807, 2.05) is 0 Å². The monoisotopic (exact) mass is 347 g/mol. The molecule has 0 aromatic heterocycles. The van der Waals surface area contributed by atoms with Crippen LogP contribution in [0, 0.1) is 15.9 Å². The molecule has 126 valence electrons. The molecule has 0 saturated carbocycles. The summed E-state index contributed by atoms with van der Waals surface area (Å²) in [5, 5.41) is 39.2. The van der Waals surface area contributed by atoms with E-state index < -0.39 is 45.7 Å². The number of halogens is 1. The molecule has 0 fully saturated rings. The van der Waals surface area contributed by atoms with Gasteiger partial charge in [0, 0.05) is 24.3 Å². The molecule has 0 aliphatic heterocycles. The molecule has 3 N–H and O–H groups in total. The first-order valence-electron chi connectivity index (χ1n) is 6.35. The highest BCUT2D eigenvalue weighted by Crippen LogP contribution is 2.29. The topological polar surface area (TPSA) is 138 Å². The average molecular weight is 347 g/mol. The maximum absolute atomic E-state index is 13.9. The smallest absolute Gasteiger partial charge is 0.342 e. The summed E-state index contributed by atoms with van der Waals surface area (Å²) in [5.41, 5.74) is -2.33. The average Bonchev–Trinajstić information content (AvgIpc) is 2.45. The van der Waals surface area contributed by atoms with Crippen molar-refractivity contribution in [3.63, 3.8) is 0 Å². The minimum atomic E-state index is -1.79. The van der Waals surface area contributed by atoms with Crippen LogP contribution in [0.15, 0.2) is 12.1 Å². The Labute approximate surface area is 134 Å². The normalized spacial score (nSPS) is 13.4. The number of carbonyl (C=O) groups is 2. The van der Waals surface area contributed by atoms with Crippen LogP contribution in [0.2, 0.25) is 0 Å². The molecule has 8 nitrogen and oxygen atoms in total. The Morgan fingerprint density at radius 1 is 1.39 bits per heavy atom. The van der Waals surface area contributed by atoms with Crippen LogP contribution in [-0.2, 0) is 4.79 Å². The lowest BCUT2D eigenvalue weighted by Crippen LogP contribution is -2.21. The van der Waals surface area contributed by atoms with Gasteiger partial charge in [-0.25, -0.2) is 9.18 Å². The molecule has 0 saturated heterocycles. The maximum Gasteiger partial charge on any atom is 0.342 e. The van der Waals surface area contributed by atoms with Gasteiger partial charge < -0.3 is 15.3 Å². The zero-order chi connectivity index (χ0) is 17.7. The van der Waals surface area contributed by atoms with Gasteiger partial charge in [0.1, 0.15) is 17.5 Å². The number of carbonyl (C=O) groups excluding carboxylic acids is 1. The third-order valence-corrected chi connectivity index (χ3v) is 3.79. The van der Waals surface area contributed by atoms with Crippen LogP contribution in [-0.4, -0.2) is 43.2 Å². The van der Waals surface area contributed by atoms with Gasteiger partial charge in [-0.3, -0.25) is 14.9 Å². The van der Waals surface area contributed by atoms with Gasteiger partial charge in [-0.15, -0.1) is 0 Å². The molecule has 0 heterocycles. The Kier molecular flexibility index (Phi) is 6.61. The molecular formula is C13H14FNO7S. The van der Waals surface area contributed by atoms with Crippen LogP contribution in [0.3, 0.4) is 0 Å². The number of aromatic carboxylic acids is 1. The highest BCUT2D eigenvalue weighted by molar-refractivity contribution is 8.13. The maximum atomic E-state index is 13.9. The van der Waals surface area contributed by atoms with E-state index >= 15 is 0 Å². The molecule has 1 aromatic carbocycles. The van der Waals surface area contributed by atoms with E-state index in [-0.39, 0.29) is 17.3 Å². The summed E-state index contributed by atoms with van der Waals surface area (Å²) in [6.07, 6.45) is -3.31. The van der Waals surface area contributed by atoms with Crippen molar-refractivity contribution in [1.29, 1.82) is 0 Å². The first-order chi connectivity index (χ1) is 10.6. The second-order valence-corrected chi connectivity index (χ2v) is 5.87. The summed E-state index contributed by atoms with van der Waals surface area (Å²) in [7, 11) is 0. The second kappa shape index (κ2) is 7.99. The number of hydrogen-bond donors (Lipinski definition) is 3. The number of nitro benzene ring substituents is 1. The lowest BCUT2D eigenvalue weighted by atomic mass is 9.99. The molecule has 2 atom stereocenters. The van der Waals surface area contributed by atoms with Crippen LogP contribution in [0.25, 0.3) is 0 Å². The first-order valence-corrected chi connectivity index (χ1v) is 7.34. The van der Waals surface area contributed by atoms with Gasteiger partial charge in [0.05, 0.1) is 11.0 Å². The van der Waals surface area contributed by atoms with E-state index in [0.717, 1.165) is 11.8 Å². The molecule has 10 heteroatoms. The molecule has 2 unspecified atom stereocenters. The minimum Gasteiger partial charge on any atom is -0.477 e. The number of aliphatic hydroxyl groups excluding tert-OH is 2. The summed E-state index contributed by atoms with van der Waals surface area (Å²) >= 11 is 0.901. The zero-order valence-corrected chi connectivity index (χ0v) is 12.7. The summed E-state index contributed by atoms with van der Waals surface area (Å²) in [5.74, 6) is -2.70. The fourth-order valence-corrected chi connectivity index (χ4v) is 2.46. The van der Waals surface area contributed by atoms with E-state index in [9.17, 15) is 34.3 Å². The summed E-state index contributed by atoms with van der Waals surface area (Å²) in [6.45, 7) is 1.32. The number of carboxylic acids is 1. The van der Waals surface area contributed by atoms with Crippen molar-refractivity contribution in [2.45, 2.75) is 25.6 Å². The second-order valence-electron chi connectivity index (χ2n) is 4.59. The highest BCUT2D eigenvalue weighted by Gasteiger charge is 2.28. The number of benzene rings is 1. The number of nitrogens with zero attached hydrogens (tertiary/aromatic N) is 1. The largest absolute Gasteiger partial charge is 0.477 e. The third-order valence-electron chi connectivity index (χ3n) is 2.94. The van der Waals surface area contributed by atoms with Crippen molar-refractivity contribution in [2.24, 2.45) is 0 Å². The lowest BCUT2D eigenvalue weighted by Gasteiger charge is -2.18. The van der Waals surface area contributed by atoms with Crippen molar-refractivity contribution in [2.75, 3.05) is 5.75 Å². The molecule has 0 aliphatic rings. The van der Waals surface area contributed by atoms with Gasteiger partial charge in [0.25, 0.3) is 5.69 Å². The molecular weight excluding hydrogens is 333 g/mol. The molecule has 0 bridgehead atoms. The fraction of sp³-hybridized carbons (Fsp3) is 0.385. The zero-order valence-electron chi connectivity index (χ0n) is 11.9.